The first-order chi connectivity index (χ1) is 11.9. The van der Waals surface area contributed by atoms with E-state index in [0.717, 1.165) is 11.8 Å². The Bertz CT molecular complexity index is 392. The lowest BCUT2D eigenvalue weighted by molar-refractivity contribution is 0.668. The smallest absolute Gasteiger partial charge is 0.00423 e. The van der Waals surface area contributed by atoms with Crippen LogP contribution in [0.2, 0.25) is 0 Å². The Morgan fingerprint density at radius 1 is 0.615 bits per heavy atom. The van der Waals surface area contributed by atoms with Crippen LogP contribution in [0.15, 0.2) is 35.2 Å². The molecule has 1 N–H and O–H groups in total. The zero-order valence-electron chi connectivity index (χ0n) is 20.6. The highest BCUT2D eigenvalue weighted by molar-refractivity contribution is 5.44. The number of allylic oxidation sites excluding steroid dienone is 4. The molecule has 0 atom stereocenters. The van der Waals surface area contributed by atoms with Gasteiger partial charge in [0.2, 0.25) is 0 Å². The van der Waals surface area contributed by atoms with Crippen molar-refractivity contribution in [1.29, 1.82) is 0 Å². The van der Waals surface area contributed by atoms with Crippen molar-refractivity contribution in [3.05, 3.63) is 35.2 Å². The Hall–Kier alpha value is -0.980. The van der Waals surface area contributed by atoms with Crippen molar-refractivity contribution in [2.75, 3.05) is 0 Å². The normalized spacial score (nSPS) is 13.4. The molecule has 0 aromatic rings. The third-order valence-electron chi connectivity index (χ3n) is 3.04. The van der Waals surface area contributed by atoms with Gasteiger partial charge in [0.25, 0.3) is 0 Å². The second kappa shape index (κ2) is 17.4. The highest BCUT2D eigenvalue weighted by Gasteiger charge is 2.19. The molecule has 1 aliphatic rings. The largest absolute Gasteiger partial charge is 0.367 e. The average Bonchev–Trinajstić information content (AvgIpc) is 2.70. The third kappa shape index (κ3) is 16.5. The summed E-state index contributed by atoms with van der Waals surface area (Å²) in [5, 5.41) is 3.26. The molecule has 0 aliphatic carbocycles. The summed E-state index contributed by atoms with van der Waals surface area (Å²) in [6.45, 7) is 30.6. The average molecular weight is 366 g/mol. The molecule has 0 unspecified atom stereocenters. The fourth-order valence-corrected chi connectivity index (χ4v) is 2.26. The molecule has 0 aromatic carbocycles. The fourth-order valence-electron chi connectivity index (χ4n) is 2.26. The second-order valence-electron chi connectivity index (χ2n) is 8.90. The SMILES string of the molecule is CC.CC(C)C.CC(C)C.CC(C)C1=CNC=CC(C(C)C)=C1C(C)C. The van der Waals surface area contributed by atoms with Crippen LogP contribution < -0.4 is 5.32 Å². The van der Waals surface area contributed by atoms with Crippen molar-refractivity contribution >= 4 is 0 Å². The van der Waals surface area contributed by atoms with Crippen molar-refractivity contribution in [1.82, 2.24) is 5.32 Å². The second-order valence-corrected chi connectivity index (χ2v) is 8.90. The summed E-state index contributed by atoms with van der Waals surface area (Å²) >= 11 is 0. The lowest BCUT2D eigenvalue weighted by Gasteiger charge is -2.23. The zero-order valence-corrected chi connectivity index (χ0v) is 20.6. The van der Waals surface area contributed by atoms with Gasteiger partial charge in [0.1, 0.15) is 0 Å². The first-order valence-corrected chi connectivity index (χ1v) is 10.8. The van der Waals surface area contributed by atoms with E-state index in [1.165, 1.54) is 16.7 Å². The van der Waals surface area contributed by atoms with Gasteiger partial charge in [-0.15, -0.1) is 0 Å². The minimum atomic E-state index is 0.568. The summed E-state index contributed by atoms with van der Waals surface area (Å²) in [6.07, 6.45) is 6.44. The Morgan fingerprint density at radius 2 is 1.00 bits per heavy atom. The van der Waals surface area contributed by atoms with E-state index < -0.39 is 0 Å². The molecular formula is C25H51N. The van der Waals surface area contributed by atoms with Crippen molar-refractivity contribution in [3.8, 4) is 0 Å². The molecule has 1 heteroatoms. The predicted octanol–water partition coefficient (Wildman–Crippen LogP) is 8.60. The standard InChI is InChI=1S/C15H25N.2C4H10.C2H6/c1-10(2)13-7-8-16-9-14(11(3)4)15(13)12(5)6;2*1-4(2)3;1-2/h7-12,16H,1-6H3;2*4H,1-3H3;1-2H3. The van der Waals surface area contributed by atoms with Gasteiger partial charge in [-0.2, -0.15) is 0 Å². The molecule has 1 aliphatic heterocycles. The van der Waals surface area contributed by atoms with E-state index in [9.17, 15) is 0 Å². The van der Waals surface area contributed by atoms with Crippen LogP contribution in [0.3, 0.4) is 0 Å². The van der Waals surface area contributed by atoms with E-state index in [4.69, 9.17) is 0 Å². The van der Waals surface area contributed by atoms with Crippen LogP contribution in [0.25, 0.3) is 0 Å². The van der Waals surface area contributed by atoms with Crippen LogP contribution in [0, 0.1) is 29.6 Å². The molecule has 0 saturated heterocycles. The molecule has 1 rings (SSSR count). The molecule has 0 fully saturated rings. The van der Waals surface area contributed by atoms with Crippen LogP contribution in [0.5, 0.6) is 0 Å². The van der Waals surface area contributed by atoms with Gasteiger partial charge in [0.05, 0.1) is 0 Å². The van der Waals surface area contributed by atoms with Crippen molar-refractivity contribution < 1.29 is 0 Å². The first kappa shape index (κ1) is 29.8. The van der Waals surface area contributed by atoms with E-state index >= 15 is 0 Å². The maximum atomic E-state index is 3.26. The van der Waals surface area contributed by atoms with Crippen LogP contribution in [-0.2, 0) is 0 Å². The molecule has 26 heavy (non-hydrogen) atoms. The molecule has 0 spiro atoms. The van der Waals surface area contributed by atoms with Crippen LogP contribution >= 0.6 is 0 Å². The summed E-state index contributed by atoms with van der Waals surface area (Å²) in [7, 11) is 0. The summed E-state index contributed by atoms with van der Waals surface area (Å²) < 4.78 is 0. The monoisotopic (exact) mass is 365 g/mol. The number of nitrogens with one attached hydrogen (secondary N) is 1. The third-order valence-corrected chi connectivity index (χ3v) is 3.04. The Kier molecular flexibility index (Phi) is 20.0. The van der Waals surface area contributed by atoms with E-state index in [2.05, 4.69) is 101 Å². The van der Waals surface area contributed by atoms with Gasteiger partial charge in [0, 0.05) is 12.4 Å². The molecule has 0 aromatic heterocycles. The maximum Gasteiger partial charge on any atom is 0.00423 e. The predicted molar refractivity (Wildman–Crippen MR) is 124 cm³/mol. The minimum absolute atomic E-state index is 0.568. The topological polar surface area (TPSA) is 12.0 Å². The van der Waals surface area contributed by atoms with Crippen molar-refractivity contribution in [2.24, 2.45) is 29.6 Å². The molecule has 1 nitrogen and oxygen atoms in total. The number of hydrogen-bond donors (Lipinski definition) is 1. The molecule has 0 radical (unpaired) electrons. The van der Waals surface area contributed by atoms with Gasteiger partial charge < -0.3 is 5.32 Å². The minimum Gasteiger partial charge on any atom is -0.367 e. The summed E-state index contributed by atoms with van der Waals surface area (Å²) in [5.74, 6) is 3.39. The Balaban J connectivity index is -0.000000440. The molecule has 0 saturated carbocycles. The number of rotatable bonds is 3. The first-order valence-electron chi connectivity index (χ1n) is 10.8. The quantitative estimate of drug-likeness (QED) is 0.528. The number of hydrogen-bond acceptors (Lipinski definition) is 1. The van der Waals surface area contributed by atoms with Crippen LogP contribution in [0.1, 0.15) is 96.9 Å². The highest BCUT2D eigenvalue weighted by Crippen LogP contribution is 2.33. The van der Waals surface area contributed by atoms with Crippen LogP contribution in [0.4, 0.5) is 0 Å². The molecule has 0 amide bonds. The zero-order chi connectivity index (χ0) is 21.4. The van der Waals surface area contributed by atoms with Gasteiger partial charge in [-0.05, 0) is 52.4 Å². The molecule has 1 heterocycles. The van der Waals surface area contributed by atoms with E-state index in [1.807, 2.05) is 20.0 Å². The van der Waals surface area contributed by atoms with Gasteiger partial charge in [-0.3, -0.25) is 0 Å². The van der Waals surface area contributed by atoms with E-state index in [1.54, 1.807) is 0 Å². The fraction of sp³-hybridized carbons (Fsp3) is 0.760. The van der Waals surface area contributed by atoms with Gasteiger partial charge >= 0.3 is 0 Å². The van der Waals surface area contributed by atoms with E-state index in [0.29, 0.717) is 17.8 Å². The van der Waals surface area contributed by atoms with Gasteiger partial charge in [-0.25, -0.2) is 0 Å². The molecule has 156 valence electrons. The summed E-state index contributed by atoms with van der Waals surface area (Å²) in [4.78, 5) is 0. The molecule has 0 bridgehead atoms. The Morgan fingerprint density at radius 3 is 1.27 bits per heavy atom. The van der Waals surface area contributed by atoms with Gasteiger partial charge in [0.15, 0.2) is 0 Å². The van der Waals surface area contributed by atoms with E-state index in [-0.39, 0.29) is 0 Å². The summed E-state index contributed by atoms with van der Waals surface area (Å²) in [6, 6.07) is 0. The van der Waals surface area contributed by atoms with Crippen molar-refractivity contribution in [2.45, 2.75) is 96.9 Å². The molecular weight excluding hydrogens is 314 g/mol. The summed E-state index contributed by atoms with van der Waals surface area (Å²) in [5.41, 5.74) is 4.44. The Labute approximate surface area is 167 Å². The maximum absolute atomic E-state index is 3.26. The highest BCUT2D eigenvalue weighted by atomic mass is 14.8. The lowest BCUT2D eigenvalue weighted by Crippen LogP contribution is -2.10. The van der Waals surface area contributed by atoms with Crippen molar-refractivity contribution in [3.63, 3.8) is 0 Å². The van der Waals surface area contributed by atoms with Crippen LogP contribution in [-0.4, -0.2) is 0 Å². The lowest BCUT2D eigenvalue weighted by atomic mass is 9.82. The van der Waals surface area contributed by atoms with Gasteiger partial charge in [-0.1, -0.05) is 96.9 Å².